The molecule has 0 bridgehead atoms. The molecule has 0 spiro atoms. The Morgan fingerprint density at radius 3 is 2.71 bits per heavy atom. The topological polar surface area (TPSA) is 55.1 Å². The lowest BCUT2D eigenvalue weighted by Gasteiger charge is -2.39. The van der Waals surface area contributed by atoms with E-state index in [-0.39, 0.29) is 11.3 Å². The minimum Gasteiger partial charge on any atom is -0.329 e. The Kier molecular flexibility index (Phi) is 3.40. The maximum Gasteiger partial charge on any atom is 0.231 e. The zero-order chi connectivity index (χ0) is 12.5. The smallest absolute Gasteiger partial charge is 0.231 e. The van der Waals surface area contributed by atoms with Crippen LogP contribution in [0.4, 0.5) is 5.69 Å². The highest BCUT2D eigenvalue weighted by molar-refractivity contribution is 6.30. The van der Waals surface area contributed by atoms with Crippen LogP contribution in [0.15, 0.2) is 18.2 Å². The van der Waals surface area contributed by atoms with Crippen molar-refractivity contribution in [3.05, 3.63) is 28.8 Å². The molecule has 0 radical (unpaired) electrons. The van der Waals surface area contributed by atoms with Gasteiger partial charge in [0.15, 0.2) is 0 Å². The van der Waals surface area contributed by atoms with E-state index < -0.39 is 0 Å². The lowest BCUT2D eigenvalue weighted by molar-refractivity contribution is -0.129. The third-order valence-electron chi connectivity index (χ3n) is 3.62. The highest BCUT2D eigenvalue weighted by Crippen LogP contribution is 2.41. The minimum absolute atomic E-state index is 0.0386. The maximum absolute atomic E-state index is 12.2. The fourth-order valence-electron chi connectivity index (χ4n) is 2.15. The summed E-state index contributed by atoms with van der Waals surface area (Å²) in [4.78, 5) is 12.2. The molecular formula is C13H17ClN2O. The number of benzene rings is 1. The molecule has 1 amide bonds. The molecular weight excluding hydrogens is 236 g/mol. The van der Waals surface area contributed by atoms with E-state index in [1.54, 1.807) is 6.07 Å². The fraction of sp³-hybridized carbons (Fsp3) is 0.462. The first-order valence-corrected chi connectivity index (χ1v) is 6.23. The van der Waals surface area contributed by atoms with E-state index in [1.807, 2.05) is 19.1 Å². The number of carbonyl (C=O) groups is 1. The molecule has 1 fully saturated rings. The van der Waals surface area contributed by atoms with Gasteiger partial charge in [0.25, 0.3) is 0 Å². The van der Waals surface area contributed by atoms with E-state index in [2.05, 4.69) is 5.32 Å². The van der Waals surface area contributed by atoms with Gasteiger partial charge in [-0.2, -0.15) is 0 Å². The molecule has 0 heterocycles. The minimum atomic E-state index is -0.341. The Morgan fingerprint density at radius 1 is 1.53 bits per heavy atom. The monoisotopic (exact) mass is 252 g/mol. The van der Waals surface area contributed by atoms with Gasteiger partial charge in [-0.1, -0.05) is 18.0 Å². The second kappa shape index (κ2) is 4.67. The first-order chi connectivity index (χ1) is 8.07. The van der Waals surface area contributed by atoms with Gasteiger partial charge in [-0.3, -0.25) is 4.79 Å². The second-order valence-corrected chi connectivity index (χ2v) is 5.19. The average Bonchev–Trinajstić information content (AvgIpc) is 2.21. The normalized spacial score (nSPS) is 17.4. The molecule has 0 aromatic heterocycles. The molecule has 1 aliphatic rings. The summed E-state index contributed by atoms with van der Waals surface area (Å²) in [7, 11) is 0. The Labute approximate surface area is 106 Å². The Morgan fingerprint density at radius 2 is 2.24 bits per heavy atom. The van der Waals surface area contributed by atoms with Crippen LogP contribution in [0.2, 0.25) is 5.02 Å². The number of halogens is 1. The van der Waals surface area contributed by atoms with Gasteiger partial charge >= 0.3 is 0 Å². The van der Waals surface area contributed by atoms with Crippen molar-refractivity contribution in [3.8, 4) is 0 Å². The zero-order valence-corrected chi connectivity index (χ0v) is 10.7. The number of hydrogen-bond acceptors (Lipinski definition) is 2. The summed E-state index contributed by atoms with van der Waals surface area (Å²) in [5.41, 5.74) is 7.15. The van der Waals surface area contributed by atoms with Gasteiger partial charge < -0.3 is 11.1 Å². The molecule has 0 saturated heterocycles. The van der Waals surface area contributed by atoms with Crippen molar-refractivity contribution in [3.63, 3.8) is 0 Å². The largest absolute Gasteiger partial charge is 0.329 e. The van der Waals surface area contributed by atoms with Gasteiger partial charge in [0, 0.05) is 17.3 Å². The average molecular weight is 253 g/mol. The molecule has 1 saturated carbocycles. The van der Waals surface area contributed by atoms with Gasteiger partial charge in [-0.25, -0.2) is 0 Å². The number of rotatable bonds is 3. The lowest BCUT2D eigenvalue weighted by Crippen LogP contribution is -2.47. The SMILES string of the molecule is Cc1cc(Cl)ccc1NC(=O)C1(CN)CCC1. The fourth-order valence-corrected chi connectivity index (χ4v) is 2.38. The maximum atomic E-state index is 12.2. The molecule has 2 rings (SSSR count). The van der Waals surface area contributed by atoms with Crippen LogP contribution in [-0.2, 0) is 4.79 Å². The van der Waals surface area contributed by atoms with Crippen molar-refractivity contribution in [2.45, 2.75) is 26.2 Å². The quantitative estimate of drug-likeness (QED) is 0.869. The van der Waals surface area contributed by atoms with Crippen LogP contribution in [0.3, 0.4) is 0 Å². The van der Waals surface area contributed by atoms with E-state index in [9.17, 15) is 4.79 Å². The number of aryl methyl sites for hydroxylation is 1. The number of amides is 1. The van der Waals surface area contributed by atoms with Gasteiger partial charge in [0.1, 0.15) is 0 Å². The molecule has 17 heavy (non-hydrogen) atoms. The van der Waals surface area contributed by atoms with Crippen LogP contribution in [0.1, 0.15) is 24.8 Å². The molecule has 0 unspecified atom stereocenters. The Balaban J connectivity index is 2.13. The molecule has 1 aromatic rings. The van der Waals surface area contributed by atoms with Crippen LogP contribution in [-0.4, -0.2) is 12.5 Å². The van der Waals surface area contributed by atoms with E-state index in [0.717, 1.165) is 30.5 Å². The molecule has 3 N–H and O–H groups in total. The van der Waals surface area contributed by atoms with Crippen LogP contribution < -0.4 is 11.1 Å². The summed E-state index contributed by atoms with van der Waals surface area (Å²) in [6.45, 7) is 2.35. The van der Waals surface area contributed by atoms with E-state index in [1.165, 1.54) is 0 Å². The third kappa shape index (κ3) is 2.31. The molecule has 1 aliphatic carbocycles. The van der Waals surface area contributed by atoms with Crippen molar-refractivity contribution in [2.24, 2.45) is 11.1 Å². The highest BCUT2D eigenvalue weighted by atomic mass is 35.5. The molecule has 3 nitrogen and oxygen atoms in total. The number of nitrogens with one attached hydrogen (secondary N) is 1. The summed E-state index contributed by atoms with van der Waals surface area (Å²) >= 11 is 5.88. The number of carbonyl (C=O) groups excluding carboxylic acids is 1. The first-order valence-electron chi connectivity index (χ1n) is 5.85. The van der Waals surface area contributed by atoms with E-state index in [0.29, 0.717) is 11.6 Å². The van der Waals surface area contributed by atoms with E-state index in [4.69, 9.17) is 17.3 Å². The first kappa shape index (κ1) is 12.4. The van der Waals surface area contributed by atoms with Crippen molar-refractivity contribution < 1.29 is 4.79 Å². The van der Waals surface area contributed by atoms with E-state index >= 15 is 0 Å². The zero-order valence-electron chi connectivity index (χ0n) is 9.92. The van der Waals surface area contributed by atoms with Gasteiger partial charge in [-0.15, -0.1) is 0 Å². The molecule has 0 aliphatic heterocycles. The summed E-state index contributed by atoms with van der Waals surface area (Å²) in [5.74, 6) is 0.0386. The van der Waals surface area contributed by atoms with Crippen molar-refractivity contribution in [1.29, 1.82) is 0 Å². The summed E-state index contributed by atoms with van der Waals surface area (Å²) < 4.78 is 0. The summed E-state index contributed by atoms with van der Waals surface area (Å²) in [5, 5.41) is 3.63. The molecule has 92 valence electrons. The van der Waals surface area contributed by atoms with Gasteiger partial charge in [0.05, 0.1) is 5.41 Å². The van der Waals surface area contributed by atoms with Crippen LogP contribution >= 0.6 is 11.6 Å². The van der Waals surface area contributed by atoms with Crippen molar-refractivity contribution >= 4 is 23.2 Å². The lowest BCUT2D eigenvalue weighted by atomic mass is 9.68. The van der Waals surface area contributed by atoms with Crippen LogP contribution in [0.25, 0.3) is 0 Å². The van der Waals surface area contributed by atoms with Gasteiger partial charge in [0.2, 0.25) is 5.91 Å². The highest BCUT2D eigenvalue weighted by Gasteiger charge is 2.42. The number of nitrogens with two attached hydrogens (primary N) is 1. The third-order valence-corrected chi connectivity index (χ3v) is 3.85. The standard InChI is InChI=1S/C13H17ClN2O/c1-9-7-10(14)3-4-11(9)16-12(17)13(8-15)5-2-6-13/h3-4,7H,2,5-6,8,15H2,1H3,(H,16,17). The van der Waals surface area contributed by atoms with Crippen LogP contribution in [0.5, 0.6) is 0 Å². The Bertz CT molecular complexity index is 436. The summed E-state index contributed by atoms with van der Waals surface area (Å²) in [6.07, 6.45) is 2.87. The van der Waals surface area contributed by atoms with Gasteiger partial charge in [-0.05, 0) is 43.5 Å². The predicted octanol–water partition coefficient (Wildman–Crippen LogP) is 2.72. The number of hydrogen-bond donors (Lipinski definition) is 2. The molecule has 1 aromatic carbocycles. The van der Waals surface area contributed by atoms with Crippen molar-refractivity contribution in [2.75, 3.05) is 11.9 Å². The second-order valence-electron chi connectivity index (χ2n) is 4.75. The Hall–Kier alpha value is -1.06. The van der Waals surface area contributed by atoms with Crippen LogP contribution in [0, 0.1) is 12.3 Å². The molecule has 0 atom stereocenters. The van der Waals surface area contributed by atoms with Crippen molar-refractivity contribution in [1.82, 2.24) is 0 Å². The predicted molar refractivity (Wildman–Crippen MR) is 70.2 cm³/mol. The number of anilines is 1. The molecule has 4 heteroatoms. The summed E-state index contributed by atoms with van der Waals surface area (Å²) in [6, 6.07) is 5.45.